The number of aryl methyl sites for hydroxylation is 1. The summed E-state index contributed by atoms with van der Waals surface area (Å²) < 4.78 is 14.7. The van der Waals surface area contributed by atoms with Gasteiger partial charge in [-0.25, -0.2) is 9.07 Å². The van der Waals surface area contributed by atoms with Crippen LogP contribution in [0.1, 0.15) is 25.1 Å². The van der Waals surface area contributed by atoms with Gasteiger partial charge in [-0.15, -0.1) is 5.10 Å². The summed E-state index contributed by atoms with van der Waals surface area (Å²) in [4.78, 5) is 0. The molecule has 0 atom stereocenters. The Kier molecular flexibility index (Phi) is 2.71. The number of hydrogen-bond donors (Lipinski definition) is 1. The lowest BCUT2D eigenvalue weighted by atomic mass is 10.0. The molecule has 0 bridgehead atoms. The van der Waals surface area contributed by atoms with E-state index in [0.29, 0.717) is 11.3 Å². The van der Waals surface area contributed by atoms with Gasteiger partial charge >= 0.3 is 0 Å². The largest absolute Gasteiger partial charge is 0.320 e. The van der Waals surface area contributed by atoms with Crippen molar-refractivity contribution in [3.05, 3.63) is 41.5 Å². The first-order valence-electron chi connectivity index (χ1n) is 5.36. The fourth-order valence-corrected chi connectivity index (χ4v) is 1.46. The molecular weight excluding hydrogens is 219 g/mol. The van der Waals surface area contributed by atoms with Crippen LogP contribution in [-0.2, 0) is 5.54 Å². The quantitative estimate of drug-likeness (QED) is 0.863. The van der Waals surface area contributed by atoms with Crippen molar-refractivity contribution in [1.29, 1.82) is 0 Å². The molecule has 0 saturated carbocycles. The van der Waals surface area contributed by atoms with Gasteiger partial charge in [0.2, 0.25) is 0 Å². The zero-order chi connectivity index (χ0) is 12.6. The van der Waals surface area contributed by atoms with Crippen molar-refractivity contribution in [2.24, 2.45) is 5.73 Å². The first-order valence-corrected chi connectivity index (χ1v) is 5.36. The predicted molar refractivity (Wildman–Crippen MR) is 63.3 cm³/mol. The maximum atomic E-state index is 13.1. The fraction of sp³-hybridized carbons (Fsp3) is 0.333. The highest BCUT2D eigenvalue weighted by atomic mass is 19.1. The molecule has 0 radical (unpaired) electrons. The van der Waals surface area contributed by atoms with Gasteiger partial charge in [0.25, 0.3) is 0 Å². The van der Waals surface area contributed by atoms with E-state index in [0.717, 1.165) is 5.69 Å². The molecule has 0 fully saturated rings. The summed E-state index contributed by atoms with van der Waals surface area (Å²) in [5.41, 5.74) is 7.43. The van der Waals surface area contributed by atoms with E-state index in [1.807, 2.05) is 13.8 Å². The number of hydrogen-bond acceptors (Lipinski definition) is 3. The second-order valence-corrected chi connectivity index (χ2v) is 4.70. The summed E-state index contributed by atoms with van der Waals surface area (Å²) in [7, 11) is 0. The molecule has 1 aromatic carbocycles. The number of aromatic nitrogens is 3. The van der Waals surface area contributed by atoms with Gasteiger partial charge in [-0.2, -0.15) is 0 Å². The van der Waals surface area contributed by atoms with Crippen LogP contribution < -0.4 is 5.73 Å². The van der Waals surface area contributed by atoms with Gasteiger partial charge in [-0.1, -0.05) is 5.21 Å². The highest BCUT2D eigenvalue weighted by Crippen LogP contribution is 2.16. The Morgan fingerprint density at radius 1 is 1.35 bits per heavy atom. The van der Waals surface area contributed by atoms with Crippen molar-refractivity contribution in [3.8, 4) is 5.69 Å². The summed E-state index contributed by atoms with van der Waals surface area (Å²) in [6.45, 7) is 5.43. The summed E-state index contributed by atoms with van der Waals surface area (Å²) in [6.07, 6.45) is 1.76. The van der Waals surface area contributed by atoms with Crippen molar-refractivity contribution in [3.63, 3.8) is 0 Å². The fourth-order valence-electron chi connectivity index (χ4n) is 1.46. The first-order chi connectivity index (χ1) is 7.88. The molecule has 2 rings (SSSR count). The van der Waals surface area contributed by atoms with Gasteiger partial charge in [0.05, 0.1) is 17.4 Å². The second-order valence-electron chi connectivity index (χ2n) is 4.70. The first kappa shape index (κ1) is 11.7. The number of rotatable bonds is 2. The van der Waals surface area contributed by atoms with Gasteiger partial charge in [0.15, 0.2) is 0 Å². The standard InChI is InChI=1S/C12H15FN4/c1-8-6-9(4-5-10(8)13)17-7-11(15-16-17)12(2,3)14/h4-7H,14H2,1-3H3. The minimum absolute atomic E-state index is 0.228. The van der Waals surface area contributed by atoms with E-state index < -0.39 is 5.54 Å². The van der Waals surface area contributed by atoms with Gasteiger partial charge in [-0.3, -0.25) is 0 Å². The predicted octanol–water partition coefficient (Wildman–Crippen LogP) is 1.91. The van der Waals surface area contributed by atoms with E-state index in [1.54, 1.807) is 29.9 Å². The lowest BCUT2D eigenvalue weighted by Gasteiger charge is -2.13. The van der Waals surface area contributed by atoms with E-state index in [9.17, 15) is 4.39 Å². The minimum atomic E-state index is -0.534. The zero-order valence-electron chi connectivity index (χ0n) is 10.1. The van der Waals surface area contributed by atoms with Crippen molar-refractivity contribution in [1.82, 2.24) is 15.0 Å². The summed E-state index contributed by atoms with van der Waals surface area (Å²) in [5, 5.41) is 8.00. The number of benzene rings is 1. The summed E-state index contributed by atoms with van der Waals surface area (Å²) in [5.74, 6) is -0.228. The third-order valence-electron chi connectivity index (χ3n) is 2.56. The molecule has 1 heterocycles. The van der Waals surface area contributed by atoms with Crippen LogP contribution in [0.4, 0.5) is 4.39 Å². The maximum Gasteiger partial charge on any atom is 0.126 e. The van der Waals surface area contributed by atoms with Crippen LogP contribution in [0.5, 0.6) is 0 Å². The number of nitrogens with zero attached hydrogens (tertiary/aromatic N) is 3. The van der Waals surface area contributed by atoms with Crippen LogP contribution >= 0.6 is 0 Å². The topological polar surface area (TPSA) is 56.7 Å². The molecular formula is C12H15FN4. The molecule has 90 valence electrons. The third kappa shape index (κ3) is 2.34. The lowest BCUT2D eigenvalue weighted by molar-refractivity contribution is 0.533. The Bertz CT molecular complexity index is 540. The number of halogens is 1. The maximum absolute atomic E-state index is 13.1. The molecule has 0 spiro atoms. The van der Waals surface area contributed by atoms with Crippen LogP contribution in [-0.4, -0.2) is 15.0 Å². The molecule has 1 aromatic heterocycles. The van der Waals surface area contributed by atoms with Gasteiger partial charge in [0, 0.05) is 0 Å². The smallest absolute Gasteiger partial charge is 0.126 e. The Morgan fingerprint density at radius 2 is 2.06 bits per heavy atom. The van der Waals surface area contributed by atoms with Crippen molar-refractivity contribution in [2.45, 2.75) is 26.3 Å². The molecule has 0 aliphatic heterocycles. The normalized spacial score (nSPS) is 11.8. The SMILES string of the molecule is Cc1cc(-n2cc(C(C)(C)N)nn2)ccc1F. The van der Waals surface area contributed by atoms with E-state index in [2.05, 4.69) is 10.3 Å². The van der Waals surface area contributed by atoms with Crippen LogP contribution in [0.2, 0.25) is 0 Å². The lowest BCUT2D eigenvalue weighted by Crippen LogP contribution is -2.29. The second kappa shape index (κ2) is 3.92. The van der Waals surface area contributed by atoms with E-state index in [4.69, 9.17) is 5.73 Å². The van der Waals surface area contributed by atoms with Crippen LogP contribution in [0.3, 0.4) is 0 Å². The Balaban J connectivity index is 2.40. The van der Waals surface area contributed by atoms with Crippen molar-refractivity contribution in [2.75, 3.05) is 0 Å². The van der Waals surface area contributed by atoms with E-state index >= 15 is 0 Å². The monoisotopic (exact) mass is 234 g/mol. The highest BCUT2D eigenvalue weighted by molar-refractivity contribution is 5.35. The highest BCUT2D eigenvalue weighted by Gasteiger charge is 2.18. The third-order valence-corrected chi connectivity index (χ3v) is 2.56. The van der Waals surface area contributed by atoms with Gasteiger partial charge in [-0.05, 0) is 44.5 Å². The van der Waals surface area contributed by atoms with Crippen molar-refractivity contribution >= 4 is 0 Å². The van der Waals surface area contributed by atoms with Crippen LogP contribution in [0.15, 0.2) is 24.4 Å². The molecule has 2 N–H and O–H groups in total. The average molecular weight is 234 g/mol. The molecule has 0 amide bonds. The minimum Gasteiger partial charge on any atom is -0.320 e. The van der Waals surface area contributed by atoms with Crippen LogP contribution in [0.25, 0.3) is 5.69 Å². The Morgan fingerprint density at radius 3 is 2.59 bits per heavy atom. The van der Waals surface area contributed by atoms with E-state index in [-0.39, 0.29) is 5.82 Å². The van der Waals surface area contributed by atoms with Gasteiger partial charge < -0.3 is 5.73 Å². The molecule has 0 aliphatic carbocycles. The number of nitrogens with two attached hydrogens (primary N) is 1. The molecule has 17 heavy (non-hydrogen) atoms. The Labute approximate surface area is 99.2 Å². The van der Waals surface area contributed by atoms with Crippen molar-refractivity contribution < 1.29 is 4.39 Å². The average Bonchev–Trinajstić information content (AvgIpc) is 2.70. The zero-order valence-corrected chi connectivity index (χ0v) is 10.1. The Hall–Kier alpha value is -1.75. The summed E-state index contributed by atoms with van der Waals surface area (Å²) >= 11 is 0. The van der Waals surface area contributed by atoms with E-state index in [1.165, 1.54) is 6.07 Å². The molecule has 2 aromatic rings. The van der Waals surface area contributed by atoms with Gasteiger partial charge in [0.1, 0.15) is 11.5 Å². The molecule has 5 heteroatoms. The summed E-state index contributed by atoms with van der Waals surface area (Å²) in [6, 6.07) is 4.79. The molecule has 0 aliphatic rings. The molecule has 0 unspecified atom stereocenters. The molecule has 0 saturated heterocycles. The molecule has 4 nitrogen and oxygen atoms in total. The van der Waals surface area contributed by atoms with Crippen LogP contribution in [0, 0.1) is 12.7 Å².